The van der Waals surface area contributed by atoms with Gasteiger partial charge in [0.2, 0.25) is 0 Å². The molecule has 11 heteroatoms. The molecular weight excluding hydrogens is 492 g/mol. The van der Waals surface area contributed by atoms with Crippen molar-refractivity contribution in [2.75, 3.05) is 60.0 Å². The zero-order valence-electron chi connectivity index (χ0n) is 20.8. The summed E-state index contributed by atoms with van der Waals surface area (Å²) in [6.07, 6.45) is 1.73. The molecule has 0 radical (unpaired) electrons. The van der Waals surface area contributed by atoms with Crippen molar-refractivity contribution < 1.29 is 19.1 Å². The lowest BCUT2D eigenvalue weighted by Crippen LogP contribution is -2.53. The molecule has 3 aliphatic heterocycles. The molecule has 0 spiro atoms. The first-order valence-corrected chi connectivity index (χ1v) is 12.9. The number of hydrogen-bond donors (Lipinski definition) is 1. The number of amidine groups is 1. The summed E-state index contributed by atoms with van der Waals surface area (Å²) in [5, 5.41) is 5.98. The molecule has 3 aliphatic rings. The molecule has 10 nitrogen and oxygen atoms in total. The highest BCUT2D eigenvalue weighted by molar-refractivity contribution is 7.11. The minimum atomic E-state index is -0.388. The monoisotopic (exact) mass is 520 g/mol. The molecule has 192 valence electrons. The normalized spacial score (nSPS) is 19.6. The van der Waals surface area contributed by atoms with Crippen molar-refractivity contribution in [2.45, 2.75) is 6.04 Å². The van der Waals surface area contributed by atoms with Crippen LogP contribution in [0.1, 0.15) is 10.6 Å². The number of ether oxygens (including phenoxy) is 2. The molecule has 0 aliphatic carbocycles. The lowest BCUT2D eigenvalue weighted by atomic mass is 10.1. The van der Waals surface area contributed by atoms with Crippen LogP contribution in [0.4, 0.5) is 4.79 Å². The van der Waals surface area contributed by atoms with Crippen LogP contribution in [-0.4, -0.2) is 104 Å². The number of amides is 2. The van der Waals surface area contributed by atoms with Gasteiger partial charge in [0.05, 0.1) is 38.9 Å². The highest BCUT2D eigenvalue weighted by atomic mass is 32.1. The Balaban J connectivity index is 1.21. The summed E-state index contributed by atoms with van der Waals surface area (Å²) < 4.78 is 10.2. The Hall–Kier alpha value is -3.88. The maximum Gasteiger partial charge on any atom is 0.337 e. The average molecular weight is 521 g/mol. The predicted molar refractivity (Wildman–Crippen MR) is 139 cm³/mol. The number of urea groups is 1. The second-order valence-corrected chi connectivity index (χ2v) is 9.75. The van der Waals surface area contributed by atoms with Gasteiger partial charge in [-0.25, -0.2) is 14.6 Å². The number of carbonyl (C=O) groups is 2. The van der Waals surface area contributed by atoms with Crippen molar-refractivity contribution in [3.63, 3.8) is 0 Å². The number of hydrogen-bond acceptors (Lipinski definition) is 9. The number of fused-ring (bicyclic) bond motifs is 1. The van der Waals surface area contributed by atoms with Gasteiger partial charge >= 0.3 is 12.0 Å². The van der Waals surface area contributed by atoms with Crippen LogP contribution in [0.3, 0.4) is 0 Å². The summed E-state index contributed by atoms with van der Waals surface area (Å²) in [7, 11) is 3.01. The maximum absolute atomic E-state index is 13.0. The Morgan fingerprint density at radius 3 is 2.78 bits per heavy atom. The maximum atomic E-state index is 13.0. The van der Waals surface area contributed by atoms with E-state index in [-0.39, 0.29) is 24.6 Å². The van der Waals surface area contributed by atoms with E-state index in [0.29, 0.717) is 50.7 Å². The molecule has 0 saturated carbocycles. The van der Waals surface area contributed by atoms with Crippen molar-refractivity contribution in [2.24, 2.45) is 4.99 Å². The van der Waals surface area contributed by atoms with Gasteiger partial charge in [0.1, 0.15) is 5.75 Å². The van der Waals surface area contributed by atoms with Crippen LogP contribution in [-0.2, 0) is 9.53 Å². The molecule has 2 aromatic rings. The van der Waals surface area contributed by atoms with Gasteiger partial charge in [0.25, 0.3) is 0 Å². The van der Waals surface area contributed by atoms with Gasteiger partial charge in [-0.3, -0.25) is 9.89 Å². The first kappa shape index (κ1) is 24.8. The van der Waals surface area contributed by atoms with E-state index in [1.54, 1.807) is 18.2 Å². The van der Waals surface area contributed by atoms with Crippen molar-refractivity contribution in [1.29, 1.82) is 0 Å². The number of esters is 1. The van der Waals surface area contributed by atoms with E-state index in [1.165, 1.54) is 18.4 Å². The van der Waals surface area contributed by atoms with Gasteiger partial charge < -0.3 is 24.6 Å². The fourth-order valence-corrected chi connectivity index (χ4v) is 5.27. The number of aliphatic imine (C=N–C) groups is 1. The Labute approximate surface area is 219 Å². The largest absolute Gasteiger partial charge is 0.497 e. The number of benzene rings is 1. The van der Waals surface area contributed by atoms with E-state index in [4.69, 9.17) is 9.47 Å². The lowest BCUT2D eigenvalue weighted by Gasteiger charge is -2.37. The van der Waals surface area contributed by atoms with Crippen LogP contribution >= 0.6 is 11.3 Å². The third kappa shape index (κ3) is 5.45. The van der Waals surface area contributed by atoms with Crippen molar-refractivity contribution in [1.82, 2.24) is 25.0 Å². The summed E-state index contributed by atoms with van der Waals surface area (Å²) in [5.74, 6) is 7.31. The molecule has 0 bridgehead atoms. The van der Waals surface area contributed by atoms with Crippen LogP contribution in [0.15, 0.2) is 52.1 Å². The van der Waals surface area contributed by atoms with E-state index in [2.05, 4.69) is 32.0 Å². The summed E-state index contributed by atoms with van der Waals surface area (Å²) >= 11 is 1.49. The summed E-state index contributed by atoms with van der Waals surface area (Å²) in [4.78, 5) is 40.2. The summed E-state index contributed by atoms with van der Waals surface area (Å²) in [6, 6.07) is 7.64. The highest BCUT2D eigenvalue weighted by Crippen LogP contribution is 2.22. The third-order valence-corrected chi connectivity index (χ3v) is 7.36. The highest BCUT2D eigenvalue weighted by Gasteiger charge is 2.40. The van der Waals surface area contributed by atoms with Crippen molar-refractivity contribution >= 4 is 29.2 Å². The van der Waals surface area contributed by atoms with Crippen molar-refractivity contribution in [3.05, 3.63) is 57.7 Å². The molecule has 2 amide bonds. The van der Waals surface area contributed by atoms with Gasteiger partial charge in [0.15, 0.2) is 10.8 Å². The zero-order valence-corrected chi connectivity index (χ0v) is 21.6. The molecular formula is C26H28N6O4S. The van der Waals surface area contributed by atoms with Gasteiger partial charge in [-0.1, -0.05) is 11.8 Å². The number of thiazole rings is 1. The van der Waals surface area contributed by atoms with Crippen LogP contribution in [0, 0.1) is 11.8 Å². The predicted octanol–water partition coefficient (Wildman–Crippen LogP) is 1.40. The molecule has 1 aromatic heterocycles. The molecule has 1 aromatic carbocycles. The van der Waals surface area contributed by atoms with Gasteiger partial charge in [-0.15, -0.1) is 11.3 Å². The average Bonchev–Trinajstić information content (AvgIpc) is 3.57. The Kier molecular flexibility index (Phi) is 7.39. The first-order chi connectivity index (χ1) is 18.1. The minimum Gasteiger partial charge on any atom is -0.497 e. The van der Waals surface area contributed by atoms with E-state index in [0.717, 1.165) is 22.0 Å². The van der Waals surface area contributed by atoms with Gasteiger partial charge in [-0.2, -0.15) is 0 Å². The Bertz CT molecular complexity index is 1280. The topological polar surface area (TPSA) is 99.6 Å². The molecule has 0 unspecified atom stereocenters. The fraction of sp³-hybridized carbons (Fsp3) is 0.385. The number of piperazine rings is 1. The fourth-order valence-electron chi connectivity index (χ4n) is 4.67. The number of nitrogens with zero attached hydrogens (tertiary/aromatic N) is 5. The minimum absolute atomic E-state index is 0.0251. The molecule has 1 N–H and O–H groups in total. The Morgan fingerprint density at radius 2 is 2.05 bits per heavy atom. The second-order valence-electron chi connectivity index (χ2n) is 8.85. The third-order valence-electron chi connectivity index (χ3n) is 6.58. The molecule has 2 saturated heterocycles. The second kappa shape index (κ2) is 11.0. The number of carbonyl (C=O) groups excluding carboxylic acids is 2. The SMILES string of the molecule is COC(=O)C1=C(CN2CCN3C(=O)N(CC#Cc4ccc(OC)cc4)C[C@@H]3C2)NC(c2nccs2)=NC1. The number of nitrogens with one attached hydrogen (secondary N) is 1. The summed E-state index contributed by atoms with van der Waals surface area (Å²) in [5.41, 5.74) is 2.17. The van der Waals surface area contributed by atoms with E-state index in [1.807, 2.05) is 34.5 Å². The molecule has 2 fully saturated rings. The van der Waals surface area contributed by atoms with Crippen LogP contribution in [0.5, 0.6) is 5.75 Å². The van der Waals surface area contributed by atoms with Gasteiger partial charge in [-0.05, 0) is 24.3 Å². The van der Waals surface area contributed by atoms with E-state index in [9.17, 15) is 9.59 Å². The molecule has 5 rings (SSSR count). The number of aromatic nitrogens is 1. The van der Waals surface area contributed by atoms with E-state index >= 15 is 0 Å². The number of rotatable bonds is 6. The van der Waals surface area contributed by atoms with Crippen molar-refractivity contribution in [3.8, 4) is 17.6 Å². The summed E-state index contributed by atoms with van der Waals surface area (Å²) in [6.45, 7) is 3.81. The smallest absolute Gasteiger partial charge is 0.337 e. The van der Waals surface area contributed by atoms with E-state index < -0.39 is 0 Å². The lowest BCUT2D eigenvalue weighted by molar-refractivity contribution is -0.136. The molecule has 4 heterocycles. The van der Waals surface area contributed by atoms with Crippen LogP contribution < -0.4 is 10.1 Å². The van der Waals surface area contributed by atoms with Crippen LogP contribution in [0.2, 0.25) is 0 Å². The van der Waals surface area contributed by atoms with Crippen LogP contribution in [0.25, 0.3) is 0 Å². The molecule has 1 atom stereocenters. The van der Waals surface area contributed by atoms with Gasteiger partial charge in [0, 0.05) is 55.6 Å². The first-order valence-electron chi connectivity index (χ1n) is 12.0. The standard InChI is InChI=1S/C26H28N6O4S/c1-35-20-7-5-18(6-8-20)4-3-10-31-16-19-15-30(11-12-32(19)26(31)34)17-22-21(25(33)36-2)14-28-23(29-22)24-27-9-13-37-24/h5-9,13,19H,10-12,14-17H2,1-2H3,(H,28,29)/t19-/m0/s1. The Morgan fingerprint density at radius 1 is 1.22 bits per heavy atom. The number of methoxy groups -OCH3 is 2. The zero-order chi connectivity index (χ0) is 25.8. The molecule has 37 heavy (non-hydrogen) atoms. The quantitative estimate of drug-likeness (QED) is 0.454.